The molecule has 0 bridgehead atoms. The number of likely N-dealkylation sites (tertiary alicyclic amines) is 1. The van der Waals surface area contributed by atoms with Crippen molar-refractivity contribution in [1.82, 2.24) is 24.5 Å². The lowest BCUT2D eigenvalue weighted by Crippen LogP contribution is -2.64. The summed E-state index contributed by atoms with van der Waals surface area (Å²) >= 11 is 0. The first-order valence-corrected chi connectivity index (χ1v) is 14.5. The van der Waals surface area contributed by atoms with Crippen molar-refractivity contribution in [3.8, 4) is 0 Å². The maximum Gasteiger partial charge on any atom is 0.0627 e. The van der Waals surface area contributed by atoms with Crippen LogP contribution in [0.1, 0.15) is 75.2 Å². The normalized spacial score (nSPS) is 24.6. The van der Waals surface area contributed by atoms with Gasteiger partial charge in [-0.05, 0) is 59.8 Å². The van der Waals surface area contributed by atoms with Crippen molar-refractivity contribution >= 4 is 0 Å². The highest BCUT2D eigenvalue weighted by Crippen LogP contribution is 2.25. The second-order valence-corrected chi connectivity index (χ2v) is 14.5. The Morgan fingerprint density at radius 3 is 1.91 bits per heavy atom. The first kappa shape index (κ1) is 29.3. The molecule has 0 saturated carbocycles. The van der Waals surface area contributed by atoms with Gasteiger partial charge < -0.3 is 4.74 Å². The van der Waals surface area contributed by atoms with E-state index in [9.17, 15) is 0 Å². The maximum absolute atomic E-state index is 6.39. The molecule has 0 aliphatic carbocycles. The molecule has 0 spiro atoms. The third-order valence-electron chi connectivity index (χ3n) is 8.51. The number of ether oxygens (including phenoxy) is 1. The highest BCUT2D eigenvalue weighted by atomic mass is 16.5. The Labute approximate surface area is 218 Å². The van der Waals surface area contributed by atoms with E-state index in [0.29, 0.717) is 17.0 Å². The zero-order valence-electron chi connectivity index (χ0n) is 24.9. The number of hydrogen-bond donors (Lipinski definition) is 0. The molecule has 6 nitrogen and oxygen atoms in total. The van der Waals surface area contributed by atoms with E-state index in [1.807, 2.05) is 0 Å². The van der Waals surface area contributed by atoms with Gasteiger partial charge in [-0.2, -0.15) is 0 Å². The molecule has 3 saturated heterocycles. The summed E-state index contributed by atoms with van der Waals surface area (Å²) in [6.45, 7) is 36.3. The first-order chi connectivity index (χ1) is 16.2. The van der Waals surface area contributed by atoms with E-state index >= 15 is 0 Å². The van der Waals surface area contributed by atoms with Gasteiger partial charge in [0, 0.05) is 96.2 Å². The molecule has 1 atom stereocenters. The van der Waals surface area contributed by atoms with Crippen LogP contribution in [0.15, 0.2) is 0 Å². The lowest BCUT2D eigenvalue weighted by molar-refractivity contribution is -0.0453. The Balaban J connectivity index is 1.27. The van der Waals surface area contributed by atoms with Crippen LogP contribution in [0.4, 0.5) is 0 Å². The van der Waals surface area contributed by atoms with Crippen molar-refractivity contribution in [1.29, 1.82) is 0 Å². The van der Waals surface area contributed by atoms with Crippen LogP contribution >= 0.6 is 0 Å². The van der Waals surface area contributed by atoms with Gasteiger partial charge in [0.15, 0.2) is 0 Å². The average molecular weight is 494 g/mol. The van der Waals surface area contributed by atoms with Crippen molar-refractivity contribution in [2.75, 3.05) is 85.1 Å². The van der Waals surface area contributed by atoms with Gasteiger partial charge in [-0.3, -0.25) is 24.5 Å². The van der Waals surface area contributed by atoms with Gasteiger partial charge in [-0.25, -0.2) is 0 Å². The fourth-order valence-corrected chi connectivity index (χ4v) is 6.02. The third kappa shape index (κ3) is 9.54. The van der Waals surface area contributed by atoms with Gasteiger partial charge in [0.05, 0.1) is 12.2 Å². The standard InChI is InChI=1S/C29H59N5O/c1-25(32-14-16-33(17-15-32)26-22-31(23-26)24-27(2,3)4)10-11-29(8,9)35-21-20-30-12-18-34(19-13-30)28(5,6)7/h25-26H,10-24H2,1-9H3. The summed E-state index contributed by atoms with van der Waals surface area (Å²) in [5, 5.41) is 0. The molecule has 0 amide bonds. The van der Waals surface area contributed by atoms with Crippen LogP contribution in [0, 0.1) is 5.41 Å². The molecule has 3 heterocycles. The van der Waals surface area contributed by atoms with E-state index in [0.717, 1.165) is 25.6 Å². The van der Waals surface area contributed by atoms with Gasteiger partial charge >= 0.3 is 0 Å². The summed E-state index contributed by atoms with van der Waals surface area (Å²) in [6.07, 6.45) is 2.36. The van der Waals surface area contributed by atoms with Gasteiger partial charge in [-0.15, -0.1) is 0 Å². The van der Waals surface area contributed by atoms with Gasteiger partial charge in [0.2, 0.25) is 0 Å². The van der Waals surface area contributed by atoms with Crippen molar-refractivity contribution in [2.24, 2.45) is 5.41 Å². The molecule has 3 fully saturated rings. The Morgan fingerprint density at radius 2 is 1.37 bits per heavy atom. The van der Waals surface area contributed by atoms with Gasteiger partial charge in [0.1, 0.15) is 0 Å². The molecular weight excluding hydrogens is 434 g/mol. The largest absolute Gasteiger partial charge is 0.374 e. The molecule has 3 aliphatic heterocycles. The summed E-state index contributed by atoms with van der Waals surface area (Å²) in [6, 6.07) is 1.43. The summed E-state index contributed by atoms with van der Waals surface area (Å²) in [4.78, 5) is 13.3. The molecular formula is C29H59N5O. The molecule has 0 aromatic heterocycles. The quantitative estimate of drug-likeness (QED) is 0.460. The lowest BCUT2D eigenvalue weighted by atomic mass is 9.93. The molecule has 0 aromatic carbocycles. The van der Waals surface area contributed by atoms with Crippen molar-refractivity contribution < 1.29 is 4.74 Å². The zero-order valence-corrected chi connectivity index (χ0v) is 24.9. The van der Waals surface area contributed by atoms with E-state index in [4.69, 9.17) is 4.74 Å². The topological polar surface area (TPSA) is 25.4 Å². The maximum atomic E-state index is 6.39. The highest BCUT2D eigenvalue weighted by molar-refractivity contribution is 4.92. The van der Waals surface area contributed by atoms with Crippen molar-refractivity contribution in [2.45, 2.75) is 98.4 Å². The predicted molar refractivity (Wildman–Crippen MR) is 149 cm³/mol. The van der Waals surface area contributed by atoms with Crippen LogP contribution in [-0.2, 0) is 4.74 Å². The Morgan fingerprint density at radius 1 is 0.771 bits per heavy atom. The fourth-order valence-electron chi connectivity index (χ4n) is 6.02. The summed E-state index contributed by atoms with van der Waals surface area (Å²) in [7, 11) is 0. The molecule has 206 valence electrons. The van der Waals surface area contributed by atoms with Crippen LogP contribution in [0.3, 0.4) is 0 Å². The van der Waals surface area contributed by atoms with Gasteiger partial charge in [-0.1, -0.05) is 20.8 Å². The molecule has 35 heavy (non-hydrogen) atoms. The predicted octanol–water partition coefficient (Wildman–Crippen LogP) is 3.71. The molecule has 6 heteroatoms. The highest BCUT2D eigenvalue weighted by Gasteiger charge is 2.35. The number of rotatable bonds is 10. The second kappa shape index (κ2) is 12.1. The summed E-state index contributed by atoms with van der Waals surface area (Å²) in [5.41, 5.74) is 0.669. The van der Waals surface area contributed by atoms with Gasteiger partial charge in [0.25, 0.3) is 0 Å². The summed E-state index contributed by atoms with van der Waals surface area (Å²) < 4.78 is 6.39. The monoisotopic (exact) mass is 493 g/mol. The molecule has 1 unspecified atom stereocenters. The van der Waals surface area contributed by atoms with E-state index in [2.05, 4.69) is 86.8 Å². The van der Waals surface area contributed by atoms with Crippen LogP contribution < -0.4 is 0 Å². The van der Waals surface area contributed by atoms with Crippen LogP contribution in [0.5, 0.6) is 0 Å². The molecule has 0 radical (unpaired) electrons. The van der Waals surface area contributed by atoms with E-state index in [-0.39, 0.29) is 5.60 Å². The Kier molecular flexibility index (Phi) is 10.1. The second-order valence-electron chi connectivity index (χ2n) is 14.5. The van der Waals surface area contributed by atoms with Crippen LogP contribution in [-0.4, -0.2) is 133 Å². The SMILES string of the molecule is CC(CCC(C)(C)OCCN1CCN(C(C)(C)C)CC1)N1CCN(C2CN(CC(C)(C)C)C2)CC1. The smallest absolute Gasteiger partial charge is 0.0627 e. The summed E-state index contributed by atoms with van der Waals surface area (Å²) in [5.74, 6) is 0. The lowest BCUT2D eigenvalue weighted by Gasteiger charge is -2.50. The molecule has 0 N–H and O–H groups in total. The Bertz CT molecular complexity index is 618. The Hall–Kier alpha value is -0.240. The fraction of sp³-hybridized carbons (Fsp3) is 1.00. The van der Waals surface area contributed by atoms with Crippen molar-refractivity contribution in [3.63, 3.8) is 0 Å². The molecule has 3 aliphatic rings. The van der Waals surface area contributed by atoms with Crippen LogP contribution in [0.25, 0.3) is 0 Å². The average Bonchev–Trinajstić information content (AvgIpc) is 2.73. The number of hydrogen-bond acceptors (Lipinski definition) is 6. The van der Waals surface area contributed by atoms with E-state index in [1.165, 1.54) is 78.4 Å². The molecule has 3 rings (SSSR count). The van der Waals surface area contributed by atoms with Crippen LogP contribution in [0.2, 0.25) is 0 Å². The third-order valence-corrected chi connectivity index (χ3v) is 8.51. The number of nitrogens with zero attached hydrogens (tertiary/aromatic N) is 5. The minimum atomic E-state index is -0.0360. The molecule has 0 aromatic rings. The zero-order chi connectivity index (χ0) is 25.9. The van der Waals surface area contributed by atoms with E-state index < -0.39 is 0 Å². The van der Waals surface area contributed by atoms with Crippen molar-refractivity contribution in [3.05, 3.63) is 0 Å². The number of piperazine rings is 2. The van der Waals surface area contributed by atoms with E-state index in [1.54, 1.807) is 0 Å². The minimum Gasteiger partial charge on any atom is -0.374 e. The first-order valence-electron chi connectivity index (χ1n) is 14.5. The minimum absolute atomic E-state index is 0.0360.